The molecule has 1 aromatic carbocycles. The zero-order chi connectivity index (χ0) is 11.5. The number of benzene rings is 1. The highest BCUT2D eigenvalue weighted by atomic mass is 15.0. The Kier molecular flexibility index (Phi) is 3.11. The molecule has 2 heteroatoms. The molecule has 84 valence electrons. The zero-order valence-corrected chi connectivity index (χ0v) is 9.96. The summed E-state index contributed by atoms with van der Waals surface area (Å²) in [5, 5.41) is 4.51. The van der Waals surface area contributed by atoms with Crippen LogP contribution in [0.15, 0.2) is 42.6 Å². The highest BCUT2D eigenvalue weighted by molar-refractivity contribution is 5.83. The molecule has 0 unspecified atom stereocenters. The SMILES string of the molecule is C=C(C)Cn1ccc2cccc(CNC)c21. The topological polar surface area (TPSA) is 17.0 Å². The first-order valence-electron chi connectivity index (χ1n) is 5.58. The minimum absolute atomic E-state index is 0.893. The number of aromatic nitrogens is 1. The monoisotopic (exact) mass is 214 g/mol. The normalized spacial score (nSPS) is 10.9. The fourth-order valence-electron chi connectivity index (χ4n) is 2.10. The molecule has 2 nitrogen and oxygen atoms in total. The van der Waals surface area contributed by atoms with E-state index in [0.717, 1.165) is 13.1 Å². The maximum atomic E-state index is 3.98. The fourth-order valence-corrected chi connectivity index (χ4v) is 2.10. The molecule has 1 N–H and O–H groups in total. The molecule has 2 aromatic rings. The molecule has 1 aromatic heterocycles. The second-order valence-corrected chi connectivity index (χ2v) is 4.29. The van der Waals surface area contributed by atoms with E-state index in [0.29, 0.717) is 0 Å². The molecule has 0 saturated heterocycles. The summed E-state index contributed by atoms with van der Waals surface area (Å²) in [6.07, 6.45) is 2.14. The average Bonchev–Trinajstić information content (AvgIpc) is 2.62. The number of nitrogens with zero attached hydrogens (tertiary/aromatic N) is 1. The van der Waals surface area contributed by atoms with Crippen LogP contribution in [0, 0.1) is 0 Å². The average molecular weight is 214 g/mol. The van der Waals surface area contributed by atoms with E-state index in [1.165, 1.54) is 22.0 Å². The molecule has 16 heavy (non-hydrogen) atoms. The lowest BCUT2D eigenvalue weighted by Gasteiger charge is -2.09. The summed E-state index contributed by atoms with van der Waals surface area (Å²) in [7, 11) is 1.98. The van der Waals surface area contributed by atoms with E-state index in [9.17, 15) is 0 Å². The summed E-state index contributed by atoms with van der Waals surface area (Å²) in [5.74, 6) is 0. The molecule has 0 bridgehead atoms. The summed E-state index contributed by atoms with van der Waals surface area (Å²) in [4.78, 5) is 0. The van der Waals surface area contributed by atoms with Crippen molar-refractivity contribution < 1.29 is 0 Å². The Morgan fingerprint density at radius 2 is 2.19 bits per heavy atom. The third-order valence-electron chi connectivity index (χ3n) is 2.68. The van der Waals surface area contributed by atoms with Gasteiger partial charge in [-0.05, 0) is 31.0 Å². The number of nitrogens with one attached hydrogen (secondary N) is 1. The molecule has 2 rings (SSSR count). The highest BCUT2D eigenvalue weighted by Gasteiger charge is 2.05. The molecule has 0 amide bonds. The highest BCUT2D eigenvalue weighted by Crippen LogP contribution is 2.21. The number of rotatable bonds is 4. The number of para-hydroxylation sites is 1. The van der Waals surface area contributed by atoms with Crippen LogP contribution in [-0.4, -0.2) is 11.6 Å². The molecule has 0 aliphatic rings. The van der Waals surface area contributed by atoms with Gasteiger partial charge in [0.1, 0.15) is 0 Å². The van der Waals surface area contributed by atoms with Crippen molar-refractivity contribution in [1.82, 2.24) is 9.88 Å². The van der Waals surface area contributed by atoms with Crippen molar-refractivity contribution in [2.75, 3.05) is 7.05 Å². The van der Waals surface area contributed by atoms with Gasteiger partial charge in [-0.1, -0.05) is 30.4 Å². The second-order valence-electron chi connectivity index (χ2n) is 4.29. The van der Waals surface area contributed by atoms with Gasteiger partial charge in [-0.25, -0.2) is 0 Å². The maximum Gasteiger partial charge on any atom is 0.0528 e. The number of fused-ring (bicyclic) bond motifs is 1. The van der Waals surface area contributed by atoms with E-state index in [-0.39, 0.29) is 0 Å². The lowest BCUT2D eigenvalue weighted by Crippen LogP contribution is -2.07. The van der Waals surface area contributed by atoms with Gasteiger partial charge in [0.2, 0.25) is 0 Å². The lowest BCUT2D eigenvalue weighted by molar-refractivity contribution is 0.790. The van der Waals surface area contributed by atoms with Crippen molar-refractivity contribution in [3.05, 3.63) is 48.2 Å². The second kappa shape index (κ2) is 4.54. The first-order valence-corrected chi connectivity index (χ1v) is 5.58. The van der Waals surface area contributed by atoms with E-state index in [2.05, 4.69) is 53.8 Å². The van der Waals surface area contributed by atoms with Gasteiger partial charge in [-0.2, -0.15) is 0 Å². The van der Waals surface area contributed by atoms with E-state index in [4.69, 9.17) is 0 Å². The van der Waals surface area contributed by atoms with Gasteiger partial charge in [0.15, 0.2) is 0 Å². The molecule has 0 spiro atoms. The summed E-state index contributed by atoms with van der Waals surface area (Å²) in [6, 6.07) is 8.61. The summed E-state index contributed by atoms with van der Waals surface area (Å²) in [5.41, 5.74) is 3.84. The Bertz CT molecular complexity index is 508. The van der Waals surface area contributed by atoms with E-state index < -0.39 is 0 Å². The van der Waals surface area contributed by atoms with Gasteiger partial charge in [0, 0.05) is 19.3 Å². The van der Waals surface area contributed by atoms with E-state index >= 15 is 0 Å². The van der Waals surface area contributed by atoms with Crippen molar-refractivity contribution >= 4 is 10.9 Å². The molecule has 0 aliphatic heterocycles. The van der Waals surface area contributed by atoms with Crippen molar-refractivity contribution in [1.29, 1.82) is 0 Å². The summed E-state index contributed by atoms with van der Waals surface area (Å²) in [6.45, 7) is 7.83. The van der Waals surface area contributed by atoms with Gasteiger partial charge >= 0.3 is 0 Å². The lowest BCUT2D eigenvalue weighted by atomic mass is 10.1. The maximum absolute atomic E-state index is 3.98. The van der Waals surface area contributed by atoms with Crippen LogP contribution in [0.3, 0.4) is 0 Å². The van der Waals surface area contributed by atoms with Crippen LogP contribution in [0.5, 0.6) is 0 Å². The third kappa shape index (κ3) is 2.02. The molecule has 0 aliphatic carbocycles. The first-order chi connectivity index (χ1) is 7.72. The first kappa shape index (κ1) is 11.0. The molecule has 0 fully saturated rings. The molecule has 0 atom stereocenters. The van der Waals surface area contributed by atoms with Crippen molar-refractivity contribution in [2.45, 2.75) is 20.0 Å². The minimum atomic E-state index is 0.893. The fraction of sp³-hybridized carbons (Fsp3) is 0.286. The van der Waals surface area contributed by atoms with E-state index in [1.54, 1.807) is 0 Å². The predicted octanol–water partition coefficient (Wildman–Crippen LogP) is 2.94. The van der Waals surface area contributed by atoms with Crippen LogP contribution in [-0.2, 0) is 13.1 Å². The van der Waals surface area contributed by atoms with Gasteiger partial charge in [-0.3, -0.25) is 0 Å². The van der Waals surface area contributed by atoms with Crippen LogP contribution in [0.1, 0.15) is 12.5 Å². The number of allylic oxidation sites excluding steroid dienone is 1. The summed E-state index contributed by atoms with van der Waals surface area (Å²) < 4.78 is 2.27. The quantitative estimate of drug-likeness (QED) is 0.774. The molecule has 0 radical (unpaired) electrons. The zero-order valence-electron chi connectivity index (χ0n) is 9.96. The van der Waals surface area contributed by atoms with Crippen molar-refractivity contribution in [3.63, 3.8) is 0 Å². The standard InChI is InChI=1S/C14H18N2/c1-11(2)10-16-8-7-12-5-4-6-13(9-15-3)14(12)16/h4-8,15H,1,9-10H2,2-3H3. The van der Waals surface area contributed by atoms with Crippen LogP contribution in [0.25, 0.3) is 10.9 Å². The van der Waals surface area contributed by atoms with Gasteiger partial charge in [-0.15, -0.1) is 0 Å². The number of hydrogen-bond acceptors (Lipinski definition) is 1. The number of hydrogen-bond donors (Lipinski definition) is 1. The van der Waals surface area contributed by atoms with Gasteiger partial charge < -0.3 is 9.88 Å². The van der Waals surface area contributed by atoms with Crippen molar-refractivity contribution in [3.8, 4) is 0 Å². The Hall–Kier alpha value is -1.54. The third-order valence-corrected chi connectivity index (χ3v) is 2.68. The summed E-state index contributed by atoms with van der Waals surface area (Å²) >= 11 is 0. The molecule has 0 saturated carbocycles. The van der Waals surface area contributed by atoms with Crippen LogP contribution >= 0.6 is 0 Å². The van der Waals surface area contributed by atoms with Crippen LogP contribution in [0.4, 0.5) is 0 Å². The Labute approximate surface area is 96.6 Å². The Balaban J connectivity index is 2.53. The molecule has 1 heterocycles. The molecular formula is C14H18N2. The van der Waals surface area contributed by atoms with E-state index in [1.807, 2.05) is 7.05 Å². The van der Waals surface area contributed by atoms with Crippen molar-refractivity contribution in [2.24, 2.45) is 0 Å². The molecular weight excluding hydrogens is 196 g/mol. The van der Waals surface area contributed by atoms with Crippen LogP contribution < -0.4 is 5.32 Å². The van der Waals surface area contributed by atoms with Gasteiger partial charge in [0.25, 0.3) is 0 Å². The minimum Gasteiger partial charge on any atom is -0.343 e. The van der Waals surface area contributed by atoms with Gasteiger partial charge in [0.05, 0.1) is 5.52 Å². The predicted molar refractivity (Wildman–Crippen MR) is 69.5 cm³/mol. The Morgan fingerprint density at radius 3 is 2.88 bits per heavy atom. The Morgan fingerprint density at radius 1 is 1.38 bits per heavy atom. The smallest absolute Gasteiger partial charge is 0.0528 e. The van der Waals surface area contributed by atoms with Crippen LogP contribution in [0.2, 0.25) is 0 Å². The largest absolute Gasteiger partial charge is 0.343 e.